The van der Waals surface area contributed by atoms with Gasteiger partial charge in [-0.2, -0.15) is 0 Å². The molecule has 4 heteroatoms. The summed E-state index contributed by atoms with van der Waals surface area (Å²) in [5.41, 5.74) is 0.678. The van der Waals surface area contributed by atoms with E-state index < -0.39 is 0 Å². The molecule has 0 unspecified atom stereocenters. The van der Waals surface area contributed by atoms with E-state index in [2.05, 4.69) is 17.6 Å². The highest BCUT2D eigenvalue weighted by Gasteiger charge is 2.08. The second-order valence-electron chi connectivity index (χ2n) is 5.34. The average Bonchev–Trinajstić information content (AvgIpc) is 2.57. The minimum Gasteiger partial charge on any atom is -0.455 e. The Bertz CT molecular complexity index is 599. The molecule has 0 atom stereocenters. The van der Waals surface area contributed by atoms with Crippen molar-refractivity contribution >= 4 is 11.6 Å². The number of hydrogen-bond donors (Lipinski definition) is 2. The lowest BCUT2D eigenvalue weighted by atomic mass is 10.2. The molecule has 0 aliphatic carbocycles. The first-order valence-electron chi connectivity index (χ1n) is 8.12. The molecule has 0 aromatic heterocycles. The first-order valence-corrected chi connectivity index (χ1v) is 8.12. The monoisotopic (exact) mass is 312 g/mol. The molecule has 0 saturated carbocycles. The summed E-state index contributed by atoms with van der Waals surface area (Å²) in [5.74, 6) is 1.32. The van der Waals surface area contributed by atoms with E-state index in [9.17, 15) is 4.79 Å². The smallest absolute Gasteiger partial charge is 0.238 e. The molecule has 0 aliphatic heterocycles. The van der Waals surface area contributed by atoms with Gasteiger partial charge in [-0.25, -0.2) is 0 Å². The molecule has 2 rings (SSSR count). The van der Waals surface area contributed by atoms with Crippen LogP contribution < -0.4 is 15.4 Å². The molecule has 0 bridgehead atoms. The number of ether oxygens (including phenoxy) is 1. The molecule has 0 heterocycles. The van der Waals surface area contributed by atoms with Gasteiger partial charge in [0, 0.05) is 0 Å². The highest BCUT2D eigenvalue weighted by molar-refractivity contribution is 5.93. The van der Waals surface area contributed by atoms with Gasteiger partial charge in [0.15, 0.2) is 5.75 Å². The van der Waals surface area contributed by atoms with Crippen LogP contribution in [0.3, 0.4) is 0 Å². The molecular formula is C19H24N2O2. The van der Waals surface area contributed by atoms with Crippen LogP contribution in [0.15, 0.2) is 54.6 Å². The number of carbonyl (C=O) groups is 1. The second kappa shape index (κ2) is 9.64. The van der Waals surface area contributed by atoms with Crippen molar-refractivity contribution in [1.82, 2.24) is 5.32 Å². The number of para-hydroxylation sites is 3. The van der Waals surface area contributed by atoms with Crippen LogP contribution in [0, 0.1) is 0 Å². The number of hydrogen-bond acceptors (Lipinski definition) is 3. The maximum atomic E-state index is 12.0. The van der Waals surface area contributed by atoms with Crippen molar-refractivity contribution in [3.05, 3.63) is 54.6 Å². The van der Waals surface area contributed by atoms with Crippen LogP contribution in [0.5, 0.6) is 11.5 Å². The second-order valence-corrected chi connectivity index (χ2v) is 5.34. The van der Waals surface area contributed by atoms with Crippen LogP contribution in [-0.2, 0) is 4.79 Å². The molecule has 122 valence electrons. The molecule has 0 aliphatic rings. The van der Waals surface area contributed by atoms with Gasteiger partial charge in [0.1, 0.15) is 5.75 Å². The summed E-state index contributed by atoms with van der Waals surface area (Å²) >= 11 is 0. The van der Waals surface area contributed by atoms with Gasteiger partial charge in [0.25, 0.3) is 0 Å². The first-order chi connectivity index (χ1) is 11.3. The lowest BCUT2D eigenvalue weighted by Crippen LogP contribution is -2.28. The minimum atomic E-state index is -0.0642. The molecule has 2 aromatic carbocycles. The van der Waals surface area contributed by atoms with Gasteiger partial charge in [-0.3, -0.25) is 4.79 Å². The number of unbranched alkanes of at least 4 members (excludes halogenated alkanes) is 2. The maximum Gasteiger partial charge on any atom is 0.238 e. The molecule has 2 N–H and O–H groups in total. The average molecular weight is 312 g/mol. The number of carbonyl (C=O) groups excluding carboxylic acids is 1. The summed E-state index contributed by atoms with van der Waals surface area (Å²) in [5, 5.41) is 6.05. The van der Waals surface area contributed by atoms with Gasteiger partial charge in [-0.1, -0.05) is 50.1 Å². The van der Waals surface area contributed by atoms with Crippen molar-refractivity contribution in [1.29, 1.82) is 0 Å². The third kappa shape index (κ3) is 6.12. The SMILES string of the molecule is CCCCCNCC(=O)Nc1ccccc1Oc1ccccc1. The normalized spacial score (nSPS) is 10.3. The summed E-state index contributed by atoms with van der Waals surface area (Å²) in [4.78, 5) is 12.0. The molecule has 0 fully saturated rings. The Morgan fingerprint density at radius 2 is 1.74 bits per heavy atom. The van der Waals surface area contributed by atoms with Gasteiger partial charge in [-0.15, -0.1) is 0 Å². The van der Waals surface area contributed by atoms with Gasteiger partial charge < -0.3 is 15.4 Å². The van der Waals surface area contributed by atoms with Crippen molar-refractivity contribution in [2.45, 2.75) is 26.2 Å². The van der Waals surface area contributed by atoms with Crippen LogP contribution in [-0.4, -0.2) is 19.0 Å². The largest absolute Gasteiger partial charge is 0.455 e. The summed E-state index contributed by atoms with van der Waals surface area (Å²) < 4.78 is 5.83. The van der Waals surface area contributed by atoms with E-state index >= 15 is 0 Å². The molecule has 4 nitrogen and oxygen atoms in total. The minimum absolute atomic E-state index is 0.0642. The Balaban J connectivity index is 1.88. The molecule has 0 saturated heterocycles. The Morgan fingerprint density at radius 1 is 1.00 bits per heavy atom. The summed E-state index contributed by atoms with van der Waals surface area (Å²) in [6, 6.07) is 17.0. The van der Waals surface area contributed by atoms with Crippen LogP contribution in [0.1, 0.15) is 26.2 Å². The fourth-order valence-corrected chi connectivity index (χ4v) is 2.17. The van der Waals surface area contributed by atoms with Gasteiger partial charge in [0.05, 0.1) is 12.2 Å². The van der Waals surface area contributed by atoms with E-state index in [0.29, 0.717) is 18.0 Å². The highest BCUT2D eigenvalue weighted by atomic mass is 16.5. The zero-order chi connectivity index (χ0) is 16.3. The van der Waals surface area contributed by atoms with Crippen molar-refractivity contribution in [3.63, 3.8) is 0 Å². The Hall–Kier alpha value is -2.33. The van der Waals surface area contributed by atoms with Crippen molar-refractivity contribution in [2.75, 3.05) is 18.4 Å². The van der Waals surface area contributed by atoms with E-state index in [1.54, 1.807) is 0 Å². The van der Waals surface area contributed by atoms with Crippen molar-refractivity contribution in [2.24, 2.45) is 0 Å². The number of anilines is 1. The molecule has 1 amide bonds. The van der Waals surface area contributed by atoms with E-state index in [-0.39, 0.29) is 5.91 Å². The van der Waals surface area contributed by atoms with Gasteiger partial charge in [0.2, 0.25) is 5.91 Å². The molecule has 0 spiro atoms. The number of benzene rings is 2. The van der Waals surface area contributed by atoms with Crippen LogP contribution in [0.25, 0.3) is 0 Å². The fourth-order valence-electron chi connectivity index (χ4n) is 2.17. The van der Waals surface area contributed by atoms with Crippen LogP contribution in [0.4, 0.5) is 5.69 Å². The van der Waals surface area contributed by atoms with E-state index in [1.807, 2.05) is 54.6 Å². The van der Waals surface area contributed by atoms with E-state index in [0.717, 1.165) is 18.7 Å². The number of rotatable bonds is 9. The Kier molecular flexibility index (Phi) is 7.14. The first kappa shape index (κ1) is 17.0. The zero-order valence-electron chi connectivity index (χ0n) is 13.5. The number of nitrogens with one attached hydrogen (secondary N) is 2. The highest BCUT2D eigenvalue weighted by Crippen LogP contribution is 2.28. The van der Waals surface area contributed by atoms with Gasteiger partial charge in [-0.05, 0) is 37.2 Å². The topological polar surface area (TPSA) is 50.4 Å². The maximum absolute atomic E-state index is 12.0. The molecular weight excluding hydrogens is 288 g/mol. The fraction of sp³-hybridized carbons (Fsp3) is 0.316. The van der Waals surface area contributed by atoms with Crippen molar-refractivity contribution in [3.8, 4) is 11.5 Å². The van der Waals surface area contributed by atoms with Crippen LogP contribution >= 0.6 is 0 Å². The molecule has 23 heavy (non-hydrogen) atoms. The third-order valence-corrected chi connectivity index (χ3v) is 3.37. The summed E-state index contributed by atoms with van der Waals surface area (Å²) in [6.45, 7) is 3.34. The van der Waals surface area contributed by atoms with E-state index in [4.69, 9.17) is 4.74 Å². The Labute approximate surface area is 137 Å². The molecule has 2 aromatic rings. The molecule has 0 radical (unpaired) electrons. The Morgan fingerprint density at radius 3 is 2.52 bits per heavy atom. The van der Waals surface area contributed by atoms with Crippen LogP contribution in [0.2, 0.25) is 0 Å². The number of amides is 1. The summed E-state index contributed by atoms with van der Waals surface area (Å²) in [6.07, 6.45) is 3.46. The van der Waals surface area contributed by atoms with E-state index in [1.165, 1.54) is 12.8 Å². The standard InChI is InChI=1S/C19H24N2O2/c1-2-3-9-14-20-15-19(22)21-17-12-7-8-13-18(17)23-16-10-5-4-6-11-16/h4-8,10-13,20H,2-3,9,14-15H2,1H3,(H,21,22). The third-order valence-electron chi connectivity index (χ3n) is 3.37. The summed E-state index contributed by atoms with van der Waals surface area (Å²) in [7, 11) is 0. The zero-order valence-corrected chi connectivity index (χ0v) is 13.5. The van der Waals surface area contributed by atoms with Crippen molar-refractivity contribution < 1.29 is 9.53 Å². The predicted octanol–water partition coefficient (Wildman–Crippen LogP) is 4.20. The lowest BCUT2D eigenvalue weighted by Gasteiger charge is -2.12. The lowest BCUT2D eigenvalue weighted by molar-refractivity contribution is -0.115. The predicted molar refractivity (Wildman–Crippen MR) is 94.0 cm³/mol. The quantitative estimate of drug-likeness (QED) is 0.682. The van der Waals surface area contributed by atoms with Gasteiger partial charge >= 0.3 is 0 Å².